The van der Waals surface area contributed by atoms with Gasteiger partial charge in [-0.15, -0.1) is 0 Å². The highest BCUT2D eigenvalue weighted by Gasteiger charge is 2.48. The number of nitrogens with zero attached hydrogens (tertiary/aromatic N) is 2. The van der Waals surface area contributed by atoms with E-state index in [0.717, 1.165) is 25.7 Å². The Balaban J connectivity index is 1.40. The molecule has 2 heterocycles. The molecule has 0 N–H and O–H groups in total. The SMILES string of the molecule is CCOC(=O)C1CCN(C(=O)c2ccc(N3C(=O)[C@H]4CCCC[C@@H]4C3=O)cc2)CC1. The number of hydrogen-bond donors (Lipinski definition) is 0. The quantitative estimate of drug-likeness (QED) is 0.561. The van der Waals surface area contributed by atoms with E-state index >= 15 is 0 Å². The fraction of sp³-hybridized carbons (Fsp3) is 0.565. The molecule has 3 amide bonds. The first kappa shape index (κ1) is 20.6. The molecule has 2 atom stereocenters. The summed E-state index contributed by atoms with van der Waals surface area (Å²) < 4.78 is 5.07. The summed E-state index contributed by atoms with van der Waals surface area (Å²) in [6.45, 7) is 3.18. The summed E-state index contributed by atoms with van der Waals surface area (Å²) in [5.74, 6) is -1.02. The number of anilines is 1. The molecule has 160 valence electrons. The topological polar surface area (TPSA) is 84.0 Å². The van der Waals surface area contributed by atoms with Crippen molar-refractivity contribution >= 4 is 29.4 Å². The Bertz CT molecular complexity index is 818. The van der Waals surface area contributed by atoms with Crippen LogP contribution in [0.2, 0.25) is 0 Å². The Kier molecular flexibility index (Phi) is 5.88. The van der Waals surface area contributed by atoms with Gasteiger partial charge in [0.15, 0.2) is 0 Å². The molecule has 1 aromatic carbocycles. The molecule has 3 fully saturated rings. The van der Waals surface area contributed by atoms with Gasteiger partial charge in [-0.2, -0.15) is 0 Å². The lowest BCUT2D eigenvalue weighted by Gasteiger charge is -2.31. The largest absolute Gasteiger partial charge is 0.466 e. The van der Waals surface area contributed by atoms with E-state index in [1.54, 1.807) is 36.1 Å². The molecule has 3 aliphatic rings. The molecule has 4 rings (SSSR count). The molecular formula is C23H28N2O5. The van der Waals surface area contributed by atoms with Crippen LogP contribution in [0.1, 0.15) is 55.8 Å². The Morgan fingerprint density at radius 1 is 0.933 bits per heavy atom. The number of carbonyl (C=O) groups excluding carboxylic acids is 4. The molecule has 0 radical (unpaired) electrons. The average Bonchev–Trinajstić information content (AvgIpc) is 3.04. The number of amides is 3. The van der Waals surface area contributed by atoms with Crippen molar-refractivity contribution in [2.45, 2.75) is 45.4 Å². The lowest BCUT2D eigenvalue weighted by Crippen LogP contribution is -2.40. The lowest BCUT2D eigenvalue weighted by atomic mass is 9.81. The monoisotopic (exact) mass is 412 g/mol. The molecule has 0 spiro atoms. The zero-order chi connectivity index (χ0) is 21.3. The second-order valence-electron chi connectivity index (χ2n) is 8.37. The number of hydrogen-bond acceptors (Lipinski definition) is 5. The first-order valence-corrected chi connectivity index (χ1v) is 10.9. The van der Waals surface area contributed by atoms with Crippen LogP contribution in [-0.2, 0) is 19.1 Å². The number of likely N-dealkylation sites (tertiary alicyclic amines) is 1. The molecule has 2 aliphatic heterocycles. The van der Waals surface area contributed by atoms with Crippen molar-refractivity contribution in [3.8, 4) is 0 Å². The van der Waals surface area contributed by atoms with Gasteiger partial charge >= 0.3 is 5.97 Å². The van der Waals surface area contributed by atoms with Crippen molar-refractivity contribution in [2.75, 3.05) is 24.6 Å². The van der Waals surface area contributed by atoms with Gasteiger partial charge in [0.25, 0.3) is 5.91 Å². The molecule has 30 heavy (non-hydrogen) atoms. The van der Waals surface area contributed by atoms with Gasteiger partial charge in [0, 0.05) is 18.7 Å². The van der Waals surface area contributed by atoms with Crippen molar-refractivity contribution < 1.29 is 23.9 Å². The number of rotatable bonds is 4. The van der Waals surface area contributed by atoms with E-state index in [1.165, 1.54) is 4.90 Å². The Morgan fingerprint density at radius 2 is 1.50 bits per heavy atom. The van der Waals surface area contributed by atoms with Crippen LogP contribution in [0.15, 0.2) is 24.3 Å². The van der Waals surface area contributed by atoms with Crippen molar-refractivity contribution in [3.63, 3.8) is 0 Å². The number of benzene rings is 1. The number of piperidine rings is 1. The van der Waals surface area contributed by atoms with E-state index in [0.29, 0.717) is 43.8 Å². The highest BCUT2D eigenvalue weighted by Crippen LogP contribution is 2.40. The minimum atomic E-state index is -0.187. The minimum absolute atomic E-state index is 0.100. The second-order valence-corrected chi connectivity index (χ2v) is 8.37. The predicted molar refractivity (Wildman–Crippen MR) is 110 cm³/mol. The molecule has 0 bridgehead atoms. The van der Waals surface area contributed by atoms with Crippen molar-refractivity contribution in [1.82, 2.24) is 4.90 Å². The number of carbonyl (C=O) groups is 4. The normalized spacial score (nSPS) is 24.7. The maximum atomic E-state index is 12.8. The van der Waals surface area contributed by atoms with Gasteiger partial charge in [0.1, 0.15) is 0 Å². The van der Waals surface area contributed by atoms with Gasteiger partial charge < -0.3 is 9.64 Å². The maximum Gasteiger partial charge on any atom is 0.309 e. The summed E-state index contributed by atoms with van der Waals surface area (Å²) in [4.78, 5) is 53.2. The zero-order valence-electron chi connectivity index (χ0n) is 17.3. The average molecular weight is 412 g/mol. The van der Waals surface area contributed by atoms with Gasteiger partial charge in [-0.05, 0) is 56.9 Å². The Morgan fingerprint density at radius 3 is 2.03 bits per heavy atom. The van der Waals surface area contributed by atoms with Crippen LogP contribution < -0.4 is 4.90 Å². The summed E-state index contributed by atoms with van der Waals surface area (Å²) in [6.07, 6.45) is 4.75. The highest BCUT2D eigenvalue weighted by molar-refractivity contribution is 6.22. The van der Waals surface area contributed by atoms with Crippen LogP contribution in [-0.4, -0.2) is 48.3 Å². The third-order valence-electron chi connectivity index (χ3n) is 6.62. The van der Waals surface area contributed by atoms with Gasteiger partial charge in [0.05, 0.1) is 30.0 Å². The molecule has 1 aromatic rings. The molecule has 1 saturated carbocycles. The van der Waals surface area contributed by atoms with Gasteiger partial charge in [-0.25, -0.2) is 0 Å². The van der Waals surface area contributed by atoms with Crippen LogP contribution in [0.4, 0.5) is 5.69 Å². The maximum absolute atomic E-state index is 12.8. The zero-order valence-corrected chi connectivity index (χ0v) is 17.3. The molecule has 7 nitrogen and oxygen atoms in total. The summed E-state index contributed by atoms with van der Waals surface area (Å²) in [5, 5.41) is 0. The summed E-state index contributed by atoms with van der Waals surface area (Å²) in [6, 6.07) is 6.73. The predicted octanol–water partition coefficient (Wildman–Crippen LogP) is 2.78. The van der Waals surface area contributed by atoms with E-state index in [2.05, 4.69) is 0 Å². The number of esters is 1. The lowest BCUT2D eigenvalue weighted by molar-refractivity contribution is -0.149. The first-order chi connectivity index (χ1) is 14.5. The number of fused-ring (bicyclic) bond motifs is 1. The third kappa shape index (κ3) is 3.73. The van der Waals surface area contributed by atoms with E-state index in [1.807, 2.05) is 0 Å². The first-order valence-electron chi connectivity index (χ1n) is 10.9. The smallest absolute Gasteiger partial charge is 0.309 e. The highest BCUT2D eigenvalue weighted by atomic mass is 16.5. The fourth-order valence-corrected chi connectivity index (χ4v) is 4.93. The van der Waals surface area contributed by atoms with Gasteiger partial charge in [0.2, 0.25) is 11.8 Å². The molecule has 7 heteroatoms. The third-order valence-corrected chi connectivity index (χ3v) is 6.62. The van der Waals surface area contributed by atoms with E-state index in [9.17, 15) is 19.2 Å². The molecule has 0 unspecified atom stereocenters. The van der Waals surface area contributed by atoms with Crippen molar-refractivity contribution in [3.05, 3.63) is 29.8 Å². The Hall–Kier alpha value is -2.70. The van der Waals surface area contributed by atoms with Gasteiger partial charge in [-0.1, -0.05) is 12.8 Å². The van der Waals surface area contributed by atoms with Crippen LogP contribution in [0.3, 0.4) is 0 Å². The van der Waals surface area contributed by atoms with E-state index < -0.39 is 0 Å². The minimum Gasteiger partial charge on any atom is -0.466 e. The summed E-state index contributed by atoms with van der Waals surface area (Å²) in [7, 11) is 0. The van der Waals surface area contributed by atoms with Crippen LogP contribution in [0.5, 0.6) is 0 Å². The molecular weight excluding hydrogens is 384 g/mol. The fourth-order valence-electron chi connectivity index (χ4n) is 4.93. The van der Waals surface area contributed by atoms with E-state index in [4.69, 9.17) is 4.74 Å². The van der Waals surface area contributed by atoms with Crippen LogP contribution in [0, 0.1) is 17.8 Å². The Labute approximate surface area is 176 Å². The van der Waals surface area contributed by atoms with Gasteiger partial charge in [-0.3, -0.25) is 24.1 Å². The van der Waals surface area contributed by atoms with Crippen molar-refractivity contribution in [1.29, 1.82) is 0 Å². The molecule has 1 aliphatic carbocycles. The van der Waals surface area contributed by atoms with Crippen LogP contribution >= 0.6 is 0 Å². The standard InChI is InChI=1S/C23H28N2O5/c1-2-30-23(29)16-11-13-24(14-12-16)20(26)15-7-9-17(10-8-15)25-21(27)18-5-3-4-6-19(18)22(25)28/h7-10,16,18-19H,2-6,11-14H2,1H3/t18-,19-/m0/s1. The number of imide groups is 1. The van der Waals surface area contributed by atoms with Crippen molar-refractivity contribution in [2.24, 2.45) is 17.8 Å². The van der Waals surface area contributed by atoms with Crippen LogP contribution in [0.25, 0.3) is 0 Å². The second kappa shape index (κ2) is 8.58. The summed E-state index contributed by atoms with van der Waals surface area (Å²) >= 11 is 0. The molecule has 2 saturated heterocycles. The van der Waals surface area contributed by atoms with E-state index in [-0.39, 0.29) is 41.4 Å². The summed E-state index contributed by atoms with van der Waals surface area (Å²) in [5.41, 5.74) is 1.06. The molecule has 0 aromatic heterocycles. The number of ether oxygens (including phenoxy) is 1.